The first-order chi connectivity index (χ1) is 15.7. The molecule has 2 aromatic carbocycles. The number of hydrogen-bond acceptors (Lipinski definition) is 8. The number of hydrogen-bond donors (Lipinski definition) is 1. The van der Waals surface area contributed by atoms with E-state index in [1.54, 1.807) is 18.2 Å². The van der Waals surface area contributed by atoms with Crippen LogP contribution in [0.15, 0.2) is 40.7 Å². The number of fused-ring (bicyclic) bond motifs is 1. The Labute approximate surface area is 195 Å². The molecule has 0 saturated carbocycles. The van der Waals surface area contributed by atoms with Crippen LogP contribution in [0.25, 0.3) is 0 Å². The van der Waals surface area contributed by atoms with Crippen molar-refractivity contribution in [3.63, 3.8) is 0 Å². The van der Waals surface area contributed by atoms with Gasteiger partial charge < -0.3 is 14.8 Å². The maximum atomic E-state index is 13.1. The van der Waals surface area contributed by atoms with E-state index >= 15 is 0 Å². The molecule has 2 heterocycles. The van der Waals surface area contributed by atoms with E-state index in [1.807, 2.05) is 19.9 Å². The average molecular weight is 472 g/mol. The van der Waals surface area contributed by atoms with Crippen molar-refractivity contribution >= 4 is 40.7 Å². The number of carbonyl (C=O) groups is 3. The van der Waals surface area contributed by atoms with Gasteiger partial charge in [0.2, 0.25) is 5.91 Å². The van der Waals surface area contributed by atoms with Crippen molar-refractivity contribution in [3.05, 3.63) is 46.5 Å². The SMILES string of the molecule is COc1cc(OC)c(NC(=O)CN2N=N[C@H]3C(=O)N(c4ccc(C)c(C)c4)C(=O)[C@H]32)cc1Cl. The van der Waals surface area contributed by atoms with Crippen LogP contribution in [0.5, 0.6) is 11.5 Å². The van der Waals surface area contributed by atoms with Crippen LogP contribution in [0.2, 0.25) is 5.02 Å². The van der Waals surface area contributed by atoms with Gasteiger partial charge in [0.05, 0.1) is 30.6 Å². The van der Waals surface area contributed by atoms with Crippen LogP contribution in [0.4, 0.5) is 11.4 Å². The van der Waals surface area contributed by atoms with Crippen molar-refractivity contribution in [2.45, 2.75) is 25.9 Å². The molecule has 0 aromatic heterocycles. The zero-order valence-electron chi connectivity index (χ0n) is 18.5. The van der Waals surface area contributed by atoms with Gasteiger partial charge in [-0.15, -0.1) is 0 Å². The van der Waals surface area contributed by atoms with Gasteiger partial charge in [0.15, 0.2) is 12.1 Å². The first-order valence-electron chi connectivity index (χ1n) is 10.1. The molecule has 10 nitrogen and oxygen atoms in total. The Kier molecular flexibility index (Phi) is 5.94. The highest BCUT2D eigenvalue weighted by atomic mass is 35.5. The summed E-state index contributed by atoms with van der Waals surface area (Å²) in [5.74, 6) is -0.693. The Balaban J connectivity index is 1.51. The highest BCUT2D eigenvalue weighted by Crippen LogP contribution is 2.36. The number of amides is 3. The molecular weight excluding hydrogens is 450 g/mol. The second-order valence-electron chi connectivity index (χ2n) is 7.71. The summed E-state index contributed by atoms with van der Waals surface area (Å²) >= 11 is 6.15. The lowest BCUT2D eigenvalue weighted by Gasteiger charge is -2.21. The Morgan fingerprint density at radius 2 is 1.79 bits per heavy atom. The lowest BCUT2D eigenvalue weighted by atomic mass is 10.1. The number of halogens is 1. The van der Waals surface area contributed by atoms with Crippen molar-refractivity contribution in [1.82, 2.24) is 5.01 Å². The highest BCUT2D eigenvalue weighted by molar-refractivity contribution is 6.32. The van der Waals surface area contributed by atoms with Crippen LogP contribution >= 0.6 is 11.6 Å². The van der Waals surface area contributed by atoms with Crippen LogP contribution in [0, 0.1) is 13.8 Å². The van der Waals surface area contributed by atoms with E-state index in [2.05, 4.69) is 15.7 Å². The van der Waals surface area contributed by atoms with Gasteiger partial charge in [-0.2, -0.15) is 5.11 Å². The average Bonchev–Trinajstić information content (AvgIpc) is 3.30. The van der Waals surface area contributed by atoms with Crippen LogP contribution in [-0.2, 0) is 14.4 Å². The van der Waals surface area contributed by atoms with E-state index in [-0.39, 0.29) is 11.6 Å². The second kappa shape index (κ2) is 8.70. The number of methoxy groups -OCH3 is 2. The zero-order valence-corrected chi connectivity index (χ0v) is 19.2. The predicted octanol–water partition coefficient (Wildman–Crippen LogP) is 2.91. The lowest BCUT2D eigenvalue weighted by molar-refractivity contribution is -0.123. The number of imide groups is 1. The molecule has 2 aliphatic rings. The standard InChI is InChI=1S/C22H22ClN5O5/c1-11-5-6-13(7-12(11)2)28-21(30)19-20(22(28)31)27(26-25-19)10-18(29)24-15-8-14(23)16(32-3)9-17(15)33-4/h5-9,19-20H,10H2,1-4H3,(H,24,29)/t19-,20+/m1/s1. The van der Waals surface area contributed by atoms with Crippen LogP contribution < -0.4 is 19.7 Å². The van der Waals surface area contributed by atoms with Gasteiger partial charge >= 0.3 is 0 Å². The zero-order chi connectivity index (χ0) is 23.9. The molecule has 1 saturated heterocycles. The molecule has 33 heavy (non-hydrogen) atoms. The molecule has 2 atom stereocenters. The summed E-state index contributed by atoms with van der Waals surface area (Å²) in [5.41, 5.74) is 2.80. The van der Waals surface area contributed by atoms with Crippen LogP contribution in [0.3, 0.4) is 0 Å². The smallest absolute Gasteiger partial charge is 0.263 e. The summed E-state index contributed by atoms with van der Waals surface area (Å²) < 4.78 is 10.4. The number of benzene rings is 2. The van der Waals surface area contributed by atoms with E-state index in [0.29, 0.717) is 22.9 Å². The number of carbonyl (C=O) groups excluding carboxylic acids is 3. The Morgan fingerprint density at radius 3 is 2.45 bits per heavy atom. The predicted molar refractivity (Wildman–Crippen MR) is 121 cm³/mol. The van der Waals surface area contributed by atoms with Crippen molar-refractivity contribution in [2.75, 3.05) is 31.0 Å². The fourth-order valence-corrected chi connectivity index (χ4v) is 4.01. The molecule has 2 aliphatic heterocycles. The molecular formula is C22H22ClN5O5. The molecule has 2 aromatic rings. The van der Waals surface area contributed by atoms with E-state index in [0.717, 1.165) is 16.0 Å². The molecule has 0 aliphatic carbocycles. The van der Waals surface area contributed by atoms with Crippen molar-refractivity contribution in [3.8, 4) is 11.5 Å². The number of anilines is 2. The summed E-state index contributed by atoms with van der Waals surface area (Å²) in [4.78, 5) is 39.8. The second-order valence-corrected chi connectivity index (χ2v) is 8.12. The lowest BCUT2D eigenvalue weighted by Crippen LogP contribution is -2.43. The van der Waals surface area contributed by atoms with E-state index in [1.165, 1.54) is 25.3 Å². The molecule has 1 N–H and O–H groups in total. The van der Waals surface area contributed by atoms with Crippen LogP contribution in [-0.4, -0.2) is 55.6 Å². The Hall–Kier alpha value is -3.66. The van der Waals surface area contributed by atoms with Gasteiger partial charge in [-0.25, -0.2) is 4.90 Å². The number of rotatable bonds is 6. The summed E-state index contributed by atoms with van der Waals surface area (Å²) in [6.45, 7) is 3.55. The fraction of sp³-hybridized carbons (Fsp3) is 0.318. The summed E-state index contributed by atoms with van der Waals surface area (Å²) in [5, 5.41) is 12.0. The molecule has 172 valence electrons. The summed E-state index contributed by atoms with van der Waals surface area (Å²) in [7, 11) is 2.91. The normalized spacial score (nSPS) is 19.2. The first-order valence-corrected chi connectivity index (χ1v) is 10.5. The Morgan fingerprint density at radius 1 is 1.06 bits per heavy atom. The van der Waals surface area contributed by atoms with Crippen molar-refractivity contribution < 1.29 is 23.9 Å². The van der Waals surface area contributed by atoms with Crippen molar-refractivity contribution in [1.29, 1.82) is 0 Å². The molecule has 0 bridgehead atoms. The van der Waals surface area contributed by atoms with Gasteiger partial charge in [0, 0.05) is 6.07 Å². The number of nitrogens with zero attached hydrogens (tertiary/aromatic N) is 4. The minimum absolute atomic E-state index is 0.287. The van der Waals surface area contributed by atoms with E-state index in [9.17, 15) is 14.4 Å². The Bertz CT molecular complexity index is 1180. The van der Waals surface area contributed by atoms with Crippen LogP contribution in [0.1, 0.15) is 11.1 Å². The van der Waals surface area contributed by atoms with Crippen molar-refractivity contribution in [2.24, 2.45) is 10.3 Å². The molecule has 0 spiro atoms. The van der Waals surface area contributed by atoms with Gasteiger partial charge in [-0.1, -0.05) is 22.9 Å². The molecule has 0 radical (unpaired) electrons. The van der Waals surface area contributed by atoms with Gasteiger partial charge in [-0.05, 0) is 43.2 Å². The monoisotopic (exact) mass is 471 g/mol. The molecule has 0 unspecified atom stereocenters. The third-order valence-corrected chi connectivity index (χ3v) is 5.96. The van der Waals surface area contributed by atoms with Gasteiger partial charge in [-0.3, -0.25) is 19.4 Å². The molecule has 3 amide bonds. The summed E-state index contributed by atoms with van der Waals surface area (Å²) in [6.07, 6.45) is 0. The number of ether oxygens (including phenoxy) is 2. The molecule has 1 fully saturated rings. The summed E-state index contributed by atoms with van der Waals surface area (Å²) in [6, 6.07) is 6.41. The van der Waals surface area contributed by atoms with Gasteiger partial charge in [0.1, 0.15) is 18.0 Å². The maximum Gasteiger partial charge on any atom is 0.263 e. The quantitative estimate of drug-likeness (QED) is 0.648. The third kappa shape index (κ3) is 3.97. The minimum atomic E-state index is -0.989. The van der Waals surface area contributed by atoms with E-state index < -0.39 is 29.8 Å². The number of aryl methyl sites for hydroxylation is 2. The minimum Gasteiger partial charge on any atom is -0.495 e. The number of nitrogens with one attached hydrogen (secondary N) is 1. The van der Waals surface area contributed by atoms with E-state index in [4.69, 9.17) is 21.1 Å². The fourth-order valence-electron chi connectivity index (χ4n) is 3.77. The largest absolute Gasteiger partial charge is 0.495 e. The maximum absolute atomic E-state index is 13.1. The highest BCUT2D eigenvalue weighted by Gasteiger charge is 2.55. The topological polar surface area (TPSA) is 113 Å². The molecule has 11 heteroatoms. The third-order valence-electron chi connectivity index (χ3n) is 5.66. The molecule has 4 rings (SSSR count). The first kappa shape index (κ1) is 22.5. The van der Waals surface area contributed by atoms with Gasteiger partial charge in [0.25, 0.3) is 11.8 Å².